The van der Waals surface area contributed by atoms with E-state index in [1.807, 2.05) is 0 Å². The minimum Gasteiger partial charge on any atom is -0.439 e. The Bertz CT molecular complexity index is 885. The second kappa shape index (κ2) is 6.03. The number of fused-ring (bicyclic) bond motifs is 1. The zero-order chi connectivity index (χ0) is 16.4. The highest BCUT2D eigenvalue weighted by Crippen LogP contribution is 2.25. The van der Waals surface area contributed by atoms with Crippen LogP contribution in [-0.4, -0.2) is 27.1 Å². The van der Waals surface area contributed by atoms with Gasteiger partial charge in [0.15, 0.2) is 0 Å². The fraction of sp³-hybridized carbons (Fsp3) is 0. The summed E-state index contributed by atoms with van der Waals surface area (Å²) in [6.45, 7) is 0. The van der Waals surface area contributed by atoms with Crippen LogP contribution in [0.2, 0.25) is 0 Å². The number of non-ortho nitro benzene ring substituents is 1. The highest BCUT2D eigenvalue weighted by atomic mass is 16.6. The van der Waals surface area contributed by atoms with E-state index in [4.69, 9.17) is 14.8 Å². The van der Waals surface area contributed by atoms with Crippen LogP contribution in [0.4, 0.5) is 5.69 Å². The molecule has 3 rings (SSSR count). The lowest BCUT2D eigenvalue weighted by atomic mass is 9.80. The summed E-state index contributed by atoms with van der Waals surface area (Å²) in [5.41, 5.74) is 0.911. The Balaban J connectivity index is 1.90. The molecule has 23 heavy (non-hydrogen) atoms. The zero-order valence-corrected chi connectivity index (χ0v) is 11.8. The van der Waals surface area contributed by atoms with Gasteiger partial charge in [0.2, 0.25) is 5.88 Å². The fourth-order valence-electron chi connectivity index (χ4n) is 2.12. The van der Waals surface area contributed by atoms with Crippen molar-refractivity contribution in [3.8, 4) is 11.6 Å². The van der Waals surface area contributed by atoms with E-state index in [2.05, 4.69) is 4.98 Å². The van der Waals surface area contributed by atoms with Gasteiger partial charge in [-0.15, -0.1) is 0 Å². The van der Waals surface area contributed by atoms with Crippen molar-refractivity contribution in [1.82, 2.24) is 4.98 Å². The standard InChI is InChI=1S/C15H11BN2O5/c19-16(20)11-5-6-14-10(8-11)4-7-15(17-14)23-13-3-1-2-12(9-13)18(21)22/h1-9,19-20H. The fourth-order valence-corrected chi connectivity index (χ4v) is 2.12. The third kappa shape index (κ3) is 3.28. The van der Waals surface area contributed by atoms with E-state index < -0.39 is 12.0 Å². The number of aromatic nitrogens is 1. The van der Waals surface area contributed by atoms with Crippen molar-refractivity contribution < 1.29 is 19.7 Å². The van der Waals surface area contributed by atoms with Gasteiger partial charge in [-0.1, -0.05) is 18.2 Å². The maximum absolute atomic E-state index is 10.8. The maximum atomic E-state index is 10.8. The van der Waals surface area contributed by atoms with Crippen LogP contribution in [0, 0.1) is 10.1 Å². The highest BCUT2D eigenvalue weighted by Gasteiger charge is 2.12. The molecule has 0 saturated heterocycles. The van der Waals surface area contributed by atoms with Crippen LogP contribution in [0.15, 0.2) is 54.6 Å². The zero-order valence-electron chi connectivity index (χ0n) is 11.8. The molecule has 0 fully saturated rings. The van der Waals surface area contributed by atoms with Crippen molar-refractivity contribution in [1.29, 1.82) is 0 Å². The smallest absolute Gasteiger partial charge is 0.439 e. The molecule has 8 heteroatoms. The number of rotatable bonds is 4. The second-order valence-corrected chi connectivity index (χ2v) is 4.83. The molecule has 0 aliphatic rings. The van der Waals surface area contributed by atoms with Gasteiger partial charge in [-0.2, -0.15) is 0 Å². The lowest BCUT2D eigenvalue weighted by molar-refractivity contribution is -0.384. The van der Waals surface area contributed by atoms with Crippen molar-refractivity contribution in [2.24, 2.45) is 0 Å². The molecular weight excluding hydrogens is 299 g/mol. The topological polar surface area (TPSA) is 106 Å². The molecule has 0 bridgehead atoms. The molecule has 0 spiro atoms. The Kier molecular flexibility index (Phi) is 3.92. The van der Waals surface area contributed by atoms with Gasteiger partial charge in [-0.25, -0.2) is 4.98 Å². The molecule has 0 aliphatic carbocycles. The summed E-state index contributed by atoms with van der Waals surface area (Å²) in [5, 5.41) is 29.8. The monoisotopic (exact) mass is 310 g/mol. The van der Waals surface area contributed by atoms with Crippen LogP contribution in [0.5, 0.6) is 11.6 Å². The molecule has 3 aromatic rings. The molecule has 114 valence electrons. The lowest BCUT2D eigenvalue weighted by Crippen LogP contribution is -2.29. The summed E-state index contributed by atoms with van der Waals surface area (Å²) < 4.78 is 5.54. The van der Waals surface area contributed by atoms with E-state index in [0.717, 1.165) is 5.39 Å². The van der Waals surface area contributed by atoms with Crippen molar-refractivity contribution in [2.45, 2.75) is 0 Å². The van der Waals surface area contributed by atoms with Crippen molar-refractivity contribution >= 4 is 29.2 Å². The first-order chi connectivity index (χ1) is 11.0. The van der Waals surface area contributed by atoms with Crippen LogP contribution in [0.25, 0.3) is 10.9 Å². The molecule has 1 aromatic heterocycles. The molecule has 0 unspecified atom stereocenters. The van der Waals surface area contributed by atoms with Crippen molar-refractivity contribution in [2.75, 3.05) is 0 Å². The largest absolute Gasteiger partial charge is 0.488 e. The molecule has 1 heterocycles. The number of nitrogens with zero attached hydrogens (tertiary/aromatic N) is 2. The van der Waals surface area contributed by atoms with Gasteiger partial charge < -0.3 is 14.8 Å². The number of nitro groups is 1. The first-order valence-corrected chi connectivity index (χ1v) is 6.72. The van der Waals surface area contributed by atoms with Gasteiger partial charge in [0.05, 0.1) is 16.5 Å². The number of hydrogen-bond acceptors (Lipinski definition) is 6. The number of pyridine rings is 1. The van der Waals surface area contributed by atoms with Gasteiger partial charge in [0.25, 0.3) is 5.69 Å². The predicted molar refractivity (Wildman–Crippen MR) is 84.7 cm³/mol. The van der Waals surface area contributed by atoms with E-state index in [1.54, 1.807) is 36.4 Å². The van der Waals surface area contributed by atoms with Crippen LogP contribution in [0.1, 0.15) is 0 Å². The van der Waals surface area contributed by atoms with Crippen LogP contribution >= 0.6 is 0 Å². The Morgan fingerprint density at radius 3 is 2.65 bits per heavy atom. The number of nitro benzene ring substituents is 1. The molecule has 0 radical (unpaired) electrons. The summed E-state index contributed by atoms with van der Waals surface area (Å²) in [5.74, 6) is 0.601. The van der Waals surface area contributed by atoms with Crippen LogP contribution in [0.3, 0.4) is 0 Å². The molecule has 0 atom stereocenters. The normalized spacial score (nSPS) is 10.5. The first-order valence-electron chi connectivity index (χ1n) is 6.72. The average Bonchev–Trinajstić information content (AvgIpc) is 2.54. The molecule has 2 N–H and O–H groups in total. The molecule has 0 saturated carbocycles. The average molecular weight is 310 g/mol. The quantitative estimate of drug-likeness (QED) is 0.431. The Morgan fingerprint density at radius 1 is 1.09 bits per heavy atom. The third-order valence-corrected chi connectivity index (χ3v) is 3.24. The third-order valence-electron chi connectivity index (χ3n) is 3.24. The molecule has 0 aliphatic heterocycles. The highest BCUT2D eigenvalue weighted by molar-refractivity contribution is 6.58. The van der Waals surface area contributed by atoms with E-state index in [9.17, 15) is 10.1 Å². The van der Waals surface area contributed by atoms with Gasteiger partial charge in [0, 0.05) is 17.5 Å². The summed E-state index contributed by atoms with van der Waals surface area (Å²) in [7, 11) is -1.54. The molecule has 7 nitrogen and oxygen atoms in total. The van der Waals surface area contributed by atoms with Gasteiger partial charge >= 0.3 is 7.12 Å². The van der Waals surface area contributed by atoms with Gasteiger partial charge in [0.1, 0.15) is 5.75 Å². The summed E-state index contributed by atoms with van der Waals surface area (Å²) in [6.07, 6.45) is 0. The summed E-state index contributed by atoms with van der Waals surface area (Å²) in [4.78, 5) is 14.6. The number of hydrogen-bond donors (Lipinski definition) is 2. The molecular formula is C15H11BN2O5. The minimum atomic E-state index is -1.54. The first kappa shape index (κ1) is 15.0. The minimum absolute atomic E-state index is 0.0649. The second-order valence-electron chi connectivity index (χ2n) is 4.83. The molecule has 0 amide bonds. The molecule has 2 aromatic carbocycles. The number of benzene rings is 2. The maximum Gasteiger partial charge on any atom is 0.488 e. The summed E-state index contributed by atoms with van der Waals surface area (Å²) in [6, 6.07) is 14.0. The van der Waals surface area contributed by atoms with Crippen LogP contribution in [-0.2, 0) is 0 Å². The Morgan fingerprint density at radius 2 is 1.91 bits per heavy atom. The SMILES string of the molecule is O=[N+]([O-])c1cccc(Oc2ccc3cc(B(O)O)ccc3n2)c1. The van der Waals surface area contributed by atoms with E-state index in [0.29, 0.717) is 16.7 Å². The van der Waals surface area contributed by atoms with Crippen molar-refractivity contribution in [3.63, 3.8) is 0 Å². The van der Waals surface area contributed by atoms with E-state index in [-0.39, 0.29) is 11.6 Å². The number of ether oxygens (including phenoxy) is 1. The van der Waals surface area contributed by atoms with E-state index >= 15 is 0 Å². The van der Waals surface area contributed by atoms with E-state index in [1.165, 1.54) is 18.2 Å². The Labute approximate surface area is 131 Å². The van der Waals surface area contributed by atoms with Crippen molar-refractivity contribution in [3.05, 3.63) is 64.7 Å². The Hall–Kier alpha value is -2.97. The predicted octanol–water partition coefficient (Wildman–Crippen LogP) is 1.62. The lowest BCUT2D eigenvalue weighted by Gasteiger charge is -2.07. The van der Waals surface area contributed by atoms with Gasteiger partial charge in [-0.3, -0.25) is 10.1 Å². The summed E-state index contributed by atoms with van der Waals surface area (Å²) >= 11 is 0. The van der Waals surface area contributed by atoms with Gasteiger partial charge in [-0.05, 0) is 23.7 Å². The van der Waals surface area contributed by atoms with Crippen LogP contribution < -0.4 is 10.2 Å².